The number of aromatic nitrogens is 2. The van der Waals surface area contributed by atoms with Crippen LogP contribution in [0.2, 0.25) is 0 Å². The summed E-state index contributed by atoms with van der Waals surface area (Å²) in [6.45, 7) is 2.48. The molecule has 17 heavy (non-hydrogen) atoms. The molecule has 0 aliphatic heterocycles. The highest BCUT2D eigenvalue weighted by molar-refractivity contribution is 7.09. The number of hydrogen-bond acceptors (Lipinski definition) is 4. The van der Waals surface area contributed by atoms with E-state index in [1.165, 1.54) is 11.3 Å². The van der Waals surface area contributed by atoms with Crippen LogP contribution in [0.1, 0.15) is 21.1 Å². The molecule has 0 atom stereocenters. The van der Waals surface area contributed by atoms with Crippen molar-refractivity contribution in [1.29, 1.82) is 0 Å². The second kappa shape index (κ2) is 5.54. The normalized spacial score (nSPS) is 10.2. The first-order valence-corrected chi connectivity index (χ1v) is 6.23. The van der Waals surface area contributed by atoms with Crippen molar-refractivity contribution in [2.75, 3.05) is 6.54 Å². The van der Waals surface area contributed by atoms with Gasteiger partial charge in [0.1, 0.15) is 5.69 Å². The number of amides is 1. The summed E-state index contributed by atoms with van der Waals surface area (Å²) in [7, 11) is 0. The molecule has 4 nitrogen and oxygen atoms in total. The molecule has 2 aromatic rings. The van der Waals surface area contributed by atoms with Crippen LogP contribution < -0.4 is 5.32 Å². The molecule has 0 radical (unpaired) electrons. The van der Waals surface area contributed by atoms with Crippen LogP contribution in [0.4, 0.5) is 0 Å². The van der Waals surface area contributed by atoms with Crippen LogP contribution in [0.5, 0.6) is 0 Å². The van der Waals surface area contributed by atoms with Gasteiger partial charge in [-0.2, -0.15) is 0 Å². The van der Waals surface area contributed by atoms with Gasteiger partial charge in [0, 0.05) is 24.3 Å². The standard InChI is InChI=1S/C12H13N3OS/c1-9-15-11(8-17-9)12(16)14-6-4-10-3-2-5-13-7-10/h2-3,5,7-8H,4,6H2,1H3,(H,14,16). The molecule has 2 rings (SSSR count). The molecular weight excluding hydrogens is 234 g/mol. The number of rotatable bonds is 4. The summed E-state index contributed by atoms with van der Waals surface area (Å²) >= 11 is 1.48. The second-order valence-electron chi connectivity index (χ2n) is 3.62. The fraction of sp³-hybridized carbons (Fsp3) is 0.250. The molecule has 0 saturated carbocycles. The quantitative estimate of drug-likeness (QED) is 0.896. The SMILES string of the molecule is Cc1nc(C(=O)NCCc2cccnc2)cs1. The first kappa shape index (κ1) is 11.7. The predicted molar refractivity (Wildman–Crippen MR) is 67.1 cm³/mol. The second-order valence-corrected chi connectivity index (χ2v) is 4.68. The average Bonchev–Trinajstić information content (AvgIpc) is 2.77. The lowest BCUT2D eigenvalue weighted by atomic mass is 10.2. The minimum atomic E-state index is -0.113. The van der Waals surface area contributed by atoms with E-state index in [-0.39, 0.29) is 5.91 Å². The van der Waals surface area contributed by atoms with Gasteiger partial charge in [0.2, 0.25) is 0 Å². The number of nitrogens with one attached hydrogen (secondary N) is 1. The van der Waals surface area contributed by atoms with E-state index in [0.29, 0.717) is 12.2 Å². The molecule has 0 fully saturated rings. The molecule has 0 aliphatic carbocycles. The van der Waals surface area contributed by atoms with Crippen LogP contribution in [-0.2, 0) is 6.42 Å². The molecule has 0 aliphatic rings. The molecular formula is C12H13N3OS. The lowest BCUT2D eigenvalue weighted by molar-refractivity contribution is 0.0949. The van der Waals surface area contributed by atoms with Crippen LogP contribution in [-0.4, -0.2) is 22.4 Å². The third-order valence-corrected chi connectivity index (χ3v) is 3.05. The van der Waals surface area contributed by atoms with Gasteiger partial charge in [0.25, 0.3) is 5.91 Å². The Morgan fingerprint density at radius 3 is 3.06 bits per heavy atom. The van der Waals surface area contributed by atoms with Gasteiger partial charge in [-0.05, 0) is 25.0 Å². The van der Waals surface area contributed by atoms with Crippen LogP contribution >= 0.6 is 11.3 Å². The van der Waals surface area contributed by atoms with Crippen molar-refractivity contribution >= 4 is 17.2 Å². The van der Waals surface area contributed by atoms with Gasteiger partial charge >= 0.3 is 0 Å². The topological polar surface area (TPSA) is 54.9 Å². The maximum absolute atomic E-state index is 11.7. The van der Waals surface area contributed by atoms with Crippen molar-refractivity contribution in [1.82, 2.24) is 15.3 Å². The Labute approximate surface area is 104 Å². The number of aryl methyl sites for hydroxylation is 1. The monoisotopic (exact) mass is 247 g/mol. The summed E-state index contributed by atoms with van der Waals surface area (Å²) in [6.07, 6.45) is 4.32. The highest BCUT2D eigenvalue weighted by atomic mass is 32.1. The van der Waals surface area contributed by atoms with Gasteiger partial charge in [0.05, 0.1) is 5.01 Å². The third kappa shape index (κ3) is 3.35. The lowest BCUT2D eigenvalue weighted by Gasteiger charge is -2.02. The Bertz CT molecular complexity index is 495. The summed E-state index contributed by atoms with van der Waals surface area (Å²) in [5.74, 6) is -0.113. The van der Waals surface area contributed by atoms with E-state index in [2.05, 4.69) is 15.3 Å². The summed E-state index contributed by atoms with van der Waals surface area (Å²) in [5.41, 5.74) is 1.61. The third-order valence-electron chi connectivity index (χ3n) is 2.27. The minimum Gasteiger partial charge on any atom is -0.350 e. The van der Waals surface area contributed by atoms with Crippen molar-refractivity contribution in [2.45, 2.75) is 13.3 Å². The van der Waals surface area contributed by atoms with E-state index in [4.69, 9.17) is 0 Å². The summed E-state index contributed by atoms with van der Waals surface area (Å²) in [5, 5.41) is 5.52. The number of pyridine rings is 1. The van der Waals surface area contributed by atoms with Gasteiger partial charge in [-0.3, -0.25) is 9.78 Å². The van der Waals surface area contributed by atoms with E-state index in [0.717, 1.165) is 17.0 Å². The number of hydrogen-bond donors (Lipinski definition) is 1. The zero-order chi connectivity index (χ0) is 12.1. The van der Waals surface area contributed by atoms with Gasteiger partial charge in [-0.25, -0.2) is 4.98 Å². The summed E-state index contributed by atoms with van der Waals surface area (Å²) < 4.78 is 0. The van der Waals surface area contributed by atoms with Crippen molar-refractivity contribution in [3.05, 3.63) is 46.2 Å². The summed E-state index contributed by atoms with van der Waals surface area (Å²) in [4.78, 5) is 19.8. The molecule has 1 amide bonds. The van der Waals surface area contributed by atoms with Crippen LogP contribution in [0.15, 0.2) is 29.9 Å². The smallest absolute Gasteiger partial charge is 0.270 e. The zero-order valence-electron chi connectivity index (χ0n) is 9.51. The maximum atomic E-state index is 11.7. The molecule has 0 aromatic carbocycles. The van der Waals surface area contributed by atoms with E-state index >= 15 is 0 Å². The fourth-order valence-electron chi connectivity index (χ4n) is 1.42. The van der Waals surface area contributed by atoms with Gasteiger partial charge < -0.3 is 5.32 Å². The van der Waals surface area contributed by atoms with E-state index in [9.17, 15) is 4.79 Å². The highest BCUT2D eigenvalue weighted by Crippen LogP contribution is 2.07. The molecule has 0 bridgehead atoms. The average molecular weight is 247 g/mol. The molecule has 5 heteroatoms. The Kier molecular flexibility index (Phi) is 3.82. The molecule has 2 heterocycles. The molecule has 0 unspecified atom stereocenters. The van der Waals surface area contributed by atoms with Gasteiger partial charge in [-0.15, -0.1) is 11.3 Å². The van der Waals surface area contributed by atoms with E-state index in [1.807, 2.05) is 19.1 Å². The van der Waals surface area contributed by atoms with Crippen LogP contribution in [0.3, 0.4) is 0 Å². The molecule has 0 saturated heterocycles. The van der Waals surface area contributed by atoms with Crippen molar-refractivity contribution < 1.29 is 4.79 Å². The Balaban J connectivity index is 1.81. The van der Waals surface area contributed by atoms with Gasteiger partial charge in [-0.1, -0.05) is 6.07 Å². The zero-order valence-corrected chi connectivity index (χ0v) is 10.3. The molecule has 88 valence electrons. The maximum Gasteiger partial charge on any atom is 0.270 e. The Morgan fingerprint density at radius 1 is 1.53 bits per heavy atom. The Hall–Kier alpha value is -1.75. The van der Waals surface area contributed by atoms with E-state index < -0.39 is 0 Å². The predicted octanol–water partition coefficient (Wildman–Crippen LogP) is 1.82. The van der Waals surface area contributed by atoms with E-state index in [1.54, 1.807) is 17.8 Å². The summed E-state index contributed by atoms with van der Waals surface area (Å²) in [6, 6.07) is 3.88. The van der Waals surface area contributed by atoms with Crippen molar-refractivity contribution in [3.63, 3.8) is 0 Å². The van der Waals surface area contributed by atoms with Gasteiger partial charge in [0.15, 0.2) is 0 Å². The van der Waals surface area contributed by atoms with Crippen molar-refractivity contribution in [3.8, 4) is 0 Å². The highest BCUT2D eigenvalue weighted by Gasteiger charge is 2.07. The van der Waals surface area contributed by atoms with Crippen molar-refractivity contribution in [2.24, 2.45) is 0 Å². The first-order valence-electron chi connectivity index (χ1n) is 5.35. The fourth-order valence-corrected chi connectivity index (χ4v) is 2.02. The molecule has 0 spiro atoms. The lowest BCUT2D eigenvalue weighted by Crippen LogP contribution is -2.26. The number of carbonyl (C=O) groups is 1. The molecule has 2 aromatic heterocycles. The first-order chi connectivity index (χ1) is 8.25. The van der Waals surface area contributed by atoms with Crippen LogP contribution in [0.25, 0.3) is 0 Å². The Morgan fingerprint density at radius 2 is 2.41 bits per heavy atom. The number of nitrogens with zero attached hydrogens (tertiary/aromatic N) is 2. The minimum absolute atomic E-state index is 0.113. The number of thiazole rings is 1. The molecule has 1 N–H and O–H groups in total. The number of carbonyl (C=O) groups excluding carboxylic acids is 1. The van der Waals surface area contributed by atoms with Crippen LogP contribution in [0, 0.1) is 6.92 Å². The largest absolute Gasteiger partial charge is 0.350 e.